The highest BCUT2D eigenvalue weighted by Crippen LogP contribution is 2.18. The number of rotatable bonds is 5. The molecule has 78 valence electrons. The van der Waals surface area contributed by atoms with Crippen molar-refractivity contribution >= 4 is 11.6 Å². The zero-order chi connectivity index (χ0) is 10.4. The minimum absolute atomic E-state index is 0.592. The molecule has 1 N–H and O–H groups in total. The molecule has 14 heavy (non-hydrogen) atoms. The Morgan fingerprint density at radius 3 is 2.79 bits per heavy atom. The molecular weight excluding hydrogens is 198 g/mol. The van der Waals surface area contributed by atoms with Gasteiger partial charge in [-0.25, -0.2) is 0 Å². The molecule has 3 heteroatoms. The summed E-state index contributed by atoms with van der Waals surface area (Å²) in [5.41, 5.74) is 2.24. The molecule has 0 heterocycles. The van der Waals surface area contributed by atoms with Crippen LogP contribution in [0, 0.1) is 0 Å². The van der Waals surface area contributed by atoms with Gasteiger partial charge < -0.3 is 10.1 Å². The Morgan fingerprint density at radius 1 is 1.43 bits per heavy atom. The number of benzene rings is 1. The highest BCUT2D eigenvalue weighted by atomic mass is 35.5. The summed E-state index contributed by atoms with van der Waals surface area (Å²) in [6.07, 6.45) is 0. The van der Waals surface area contributed by atoms with Crippen LogP contribution in [-0.4, -0.2) is 13.7 Å². The van der Waals surface area contributed by atoms with Gasteiger partial charge >= 0.3 is 0 Å². The highest BCUT2D eigenvalue weighted by molar-refractivity contribution is 6.31. The van der Waals surface area contributed by atoms with E-state index >= 15 is 0 Å². The summed E-state index contributed by atoms with van der Waals surface area (Å²) in [5, 5.41) is 3.87. The molecule has 0 aromatic heterocycles. The van der Waals surface area contributed by atoms with Gasteiger partial charge in [-0.2, -0.15) is 0 Å². The average molecular weight is 214 g/mol. The van der Waals surface area contributed by atoms with E-state index in [1.807, 2.05) is 26.1 Å². The van der Waals surface area contributed by atoms with Crippen molar-refractivity contribution in [2.45, 2.75) is 20.1 Å². The molecule has 0 aliphatic heterocycles. The van der Waals surface area contributed by atoms with Crippen LogP contribution < -0.4 is 5.32 Å². The monoisotopic (exact) mass is 213 g/mol. The Hall–Kier alpha value is -0.570. The van der Waals surface area contributed by atoms with Gasteiger partial charge in [0.25, 0.3) is 0 Å². The predicted molar refractivity (Wildman–Crippen MR) is 59.5 cm³/mol. The summed E-state index contributed by atoms with van der Waals surface area (Å²) in [5.74, 6) is 0. The summed E-state index contributed by atoms with van der Waals surface area (Å²) < 4.78 is 5.30. The Labute approximate surface area is 90.2 Å². The van der Waals surface area contributed by atoms with Crippen molar-refractivity contribution in [3.63, 3.8) is 0 Å². The molecule has 0 aliphatic rings. The fourth-order valence-corrected chi connectivity index (χ4v) is 1.49. The average Bonchev–Trinajstić information content (AvgIpc) is 2.17. The second-order valence-corrected chi connectivity index (χ2v) is 3.50. The first kappa shape index (κ1) is 11.5. The van der Waals surface area contributed by atoms with Crippen molar-refractivity contribution in [3.05, 3.63) is 34.3 Å². The zero-order valence-electron chi connectivity index (χ0n) is 8.64. The summed E-state index contributed by atoms with van der Waals surface area (Å²) in [6, 6.07) is 6.06. The second-order valence-electron chi connectivity index (χ2n) is 3.09. The van der Waals surface area contributed by atoms with Crippen LogP contribution in [0.1, 0.15) is 18.1 Å². The van der Waals surface area contributed by atoms with Gasteiger partial charge in [0.2, 0.25) is 0 Å². The quantitative estimate of drug-likeness (QED) is 0.812. The van der Waals surface area contributed by atoms with Gasteiger partial charge in [0.05, 0.1) is 6.61 Å². The van der Waals surface area contributed by atoms with Crippen LogP contribution in [0.5, 0.6) is 0 Å². The van der Waals surface area contributed by atoms with E-state index in [-0.39, 0.29) is 0 Å². The normalized spacial score (nSPS) is 10.5. The van der Waals surface area contributed by atoms with Crippen LogP contribution in [0.25, 0.3) is 0 Å². The van der Waals surface area contributed by atoms with Gasteiger partial charge in [0, 0.05) is 18.2 Å². The van der Waals surface area contributed by atoms with E-state index in [1.165, 1.54) is 5.56 Å². The molecular formula is C11H16ClNO. The molecule has 0 aliphatic carbocycles. The van der Waals surface area contributed by atoms with Crippen LogP contribution >= 0.6 is 11.6 Å². The Kier molecular flexibility index (Phi) is 4.94. The van der Waals surface area contributed by atoms with Crippen LogP contribution in [0.3, 0.4) is 0 Å². The maximum absolute atomic E-state index is 6.09. The van der Waals surface area contributed by atoms with E-state index in [1.54, 1.807) is 0 Å². The van der Waals surface area contributed by atoms with Gasteiger partial charge in [0.1, 0.15) is 0 Å². The largest absolute Gasteiger partial charge is 0.377 e. The lowest BCUT2D eigenvalue weighted by molar-refractivity contribution is 0.134. The number of hydrogen-bond acceptors (Lipinski definition) is 2. The Balaban J connectivity index is 2.68. The summed E-state index contributed by atoms with van der Waals surface area (Å²) in [6.45, 7) is 4.13. The van der Waals surface area contributed by atoms with Gasteiger partial charge in [-0.15, -0.1) is 0 Å². The summed E-state index contributed by atoms with van der Waals surface area (Å²) >= 11 is 6.09. The molecule has 0 saturated heterocycles. The molecule has 0 amide bonds. The van der Waals surface area contributed by atoms with E-state index in [0.717, 1.165) is 17.1 Å². The first-order valence-electron chi connectivity index (χ1n) is 4.77. The van der Waals surface area contributed by atoms with Crippen LogP contribution in [-0.2, 0) is 17.9 Å². The van der Waals surface area contributed by atoms with Crippen LogP contribution in [0.4, 0.5) is 0 Å². The van der Waals surface area contributed by atoms with E-state index in [2.05, 4.69) is 11.4 Å². The van der Waals surface area contributed by atoms with E-state index in [0.29, 0.717) is 13.2 Å². The molecule has 0 radical (unpaired) electrons. The number of hydrogen-bond donors (Lipinski definition) is 1. The topological polar surface area (TPSA) is 21.3 Å². The van der Waals surface area contributed by atoms with Crippen molar-refractivity contribution < 1.29 is 4.74 Å². The van der Waals surface area contributed by atoms with Crippen LogP contribution in [0.15, 0.2) is 18.2 Å². The number of nitrogens with one attached hydrogen (secondary N) is 1. The molecule has 0 bridgehead atoms. The summed E-state index contributed by atoms with van der Waals surface area (Å²) in [7, 11) is 1.92. The SMILES string of the molecule is CCOCc1ccc(CNC)cc1Cl. The van der Waals surface area contributed by atoms with E-state index in [9.17, 15) is 0 Å². The van der Waals surface area contributed by atoms with Crippen molar-refractivity contribution in [1.82, 2.24) is 5.32 Å². The summed E-state index contributed by atoms with van der Waals surface area (Å²) in [4.78, 5) is 0. The van der Waals surface area contributed by atoms with Crippen molar-refractivity contribution in [1.29, 1.82) is 0 Å². The molecule has 1 aromatic rings. The third-order valence-corrected chi connectivity index (χ3v) is 2.31. The minimum Gasteiger partial charge on any atom is -0.377 e. The zero-order valence-corrected chi connectivity index (χ0v) is 9.40. The van der Waals surface area contributed by atoms with Gasteiger partial charge in [-0.05, 0) is 31.2 Å². The molecule has 1 aromatic carbocycles. The molecule has 0 atom stereocenters. The molecule has 0 saturated carbocycles. The van der Waals surface area contributed by atoms with Gasteiger partial charge in [0.15, 0.2) is 0 Å². The lowest BCUT2D eigenvalue weighted by Crippen LogP contribution is -2.05. The van der Waals surface area contributed by atoms with E-state index < -0.39 is 0 Å². The highest BCUT2D eigenvalue weighted by Gasteiger charge is 2.01. The molecule has 1 rings (SSSR count). The first-order valence-corrected chi connectivity index (χ1v) is 5.15. The Morgan fingerprint density at radius 2 is 2.21 bits per heavy atom. The molecule has 0 fully saturated rings. The van der Waals surface area contributed by atoms with Crippen LogP contribution in [0.2, 0.25) is 5.02 Å². The second kappa shape index (κ2) is 6.02. The third kappa shape index (κ3) is 3.29. The first-order chi connectivity index (χ1) is 6.77. The van der Waals surface area contributed by atoms with E-state index in [4.69, 9.17) is 16.3 Å². The molecule has 0 unspecified atom stereocenters. The fraction of sp³-hybridized carbons (Fsp3) is 0.455. The van der Waals surface area contributed by atoms with Gasteiger partial charge in [-0.3, -0.25) is 0 Å². The lowest BCUT2D eigenvalue weighted by Gasteiger charge is -2.06. The lowest BCUT2D eigenvalue weighted by atomic mass is 10.1. The maximum atomic E-state index is 6.09. The molecule has 2 nitrogen and oxygen atoms in total. The smallest absolute Gasteiger partial charge is 0.0731 e. The molecule has 0 spiro atoms. The predicted octanol–water partition coefficient (Wildman–Crippen LogP) is 2.60. The number of halogens is 1. The van der Waals surface area contributed by atoms with Gasteiger partial charge in [-0.1, -0.05) is 23.7 Å². The van der Waals surface area contributed by atoms with Crippen molar-refractivity contribution in [2.24, 2.45) is 0 Å². The van der Waals surface area contributed by atoms with Crippen molar-refractivity contribution in [3.8, 4) is 0 Å². The number of ether oxygens (including phenoxy) is 1. The maximum Gasteiger partial charge on any atom is 0.0731 e. The third-order valence-electron chi connectivity index (χ3n) is 1.96. The van der Waals surface area contributed by atoms with Crippen molar-refractivity contribution in [2.75, 3.05) is 13.7 Å². The minimum atomic E-state index is 0.592. The Bertz CT molecular complexity index is 289. The fourth-order valence-electron chi connectivity index (χ4n) is 1.23. The standard InChI is InChI=1S/C11H16ClNO/c1-3-14-8-10-5-4-9(7-13-2)6-11(10)12/h4-6,13H,3,7-8H2,1-2H3.